The molecule has 20 heavy (non-hydrogen) atoms. The molecule has 0 unspecified atom stereocenters. The summed E-state index contributed by atoms with van der Waals surface area (Å²) < 4.78 is 17.6. The van der Waals surface area contributed by atoms with Crippen LogP contribution < -0.4 is 10.6 Å². The molecule has 1 rings (SSSR count). The molecule has 0 radical (unpaired) electrons. The van der Waals surface area contributed by atoms with Crippen molar-refractivity contribution in [3.8, 4) is 0 Å². The summed E-state index contributed by atoms with van der Waals surface area (Å²) in [5.74, 6) is -1.59. The smallest absolute Gasteiger partial charge is 0.329 e. The molecular weight excluding hydrogens is 291 g/mol. The van der Waals surface area contributed by atoms with Gasteiger partial charge in [0.25, 0.3) is 0 Å². The third-order valence-corrected chi connectivity index (χ3v) is 2.48. The highest BCUT2D eigenvalue weighted by Crippen LogP contribution is 2.15. The van der Waals surface area contributed by atoms with Gasteiger partial charge in [-0.05, 0) is 17.7 Å². The Morgan fingerprint density at radius 1 is 1.35 bits per heavy atom. The maximum atomic E-state index is 12.9. The van der Waals surface area contributed by atoms with Crippen molar-refractivity contribution < 1.29 is 23.8 Å². The minimum absolute atomic E-state index is 0.00761. The molecule has 0 saturated carbocycles. The van der Waals surface area contributed by atoms with Crippen molar-refractivity contribution in [2.24, 2.45) is 0 Å². The zero-order valence-corrected chi connectivity index (χ0v) is 11.2. The van der Waals surface area contributed by atoms with Gasteiger partial charge in [0.2, 0.25) is 0 Å². The number of carboxylic acid groups (broad SMARTS) is 1. The summed E-state index contributed by atoms with van der Waals surface area (Å²) in [5, 5.41) is 13.3. The van der Waals surface area contributed by atoms with E-state index in [1.165, 1.54) is 18.2 Å². The molecule has 0 spiro atoms. The number of carboxylic acids is 1. The summed E-state index contributed by atoms with van der Waals surface area (Å²) in [6.07, 6.45) is 0. The van der Waals surface area contributed by atoms with Crippen molar-refractivity contribution in [2.45, 2.75) is 6.54 Å². The van der Waals surface area contributed by atoms with Gasteiger partial charge >= 0.3 is 12.0 Å². The molecule has 1 aromatic rings. The second-order valence-corrected chi connectivity index (χ2v) is 4.21. The fourth-order valence-corrected chi connectivity index (χ4v) is 1.49. The van der Waals surface area contributed by atoms with Crippen LogP contribution in [-0.2, 0) is 16.1 Å². The van der Waals surface area contributed by atoms with E-state index in [0.29, 0.717) is 5.56 Å². The van der Waals surface area contributed by atoms with Crippen LogP contribution in [0.1, 0.15) is 5.56 Å². The summed E-state index contributed by atoms with van der Waals surface area (Å²) in [5.41, 5.74) is 0.661. The monoisotopic (exact) mass is 304 g/mol. The lowest BCUT2D eigenvalue weighted by atomic mass is 10.2. The Balaban J connectivity index is 2.19. The van der Waals surface area contributed by atoms with Gasteiger partial charge < -0.3 is 20.5 Å². The molecule has 1 aromatic carbocycles. The highest BCUT2D eigenvalue weighted by Gasteiger charge is 2.03. The molecule has 0 aliphatic carbocycles. The predicted octanol–water partition coefficient (Wildman–Crippen LogP) is 1.38. The first-order valence-electron chi connectivity index (χ1n) is 5.74. The Bertz CT molecular complexity index is 485. The third kappa shape index (κ3) is 6.35. The van der Waals surface area contributed by atoms with Crippen molar-refractivity contribution in [1.29, 1.82) is 0 Å². The highest BCUT2D eigenvalue weighted by atomic mass is 35.5. The molecule has 2 amide bonds. The van der Waals surface area contributed by atoms with E-state index in [9.17, 15) is 14.0 Å². The van der Waals surface area contributed by atoms with Crippen LogP contribution in [0.15, 0.2) is 18.2 Å². The fraction of sp³-hybridized carbons (Fsp3) is 0.333. The molecule has 0 fully saturated rings. The van der Waals surface area contributed by atoms with Crippen molar-refractivity contribution in [3.63, 3.8) is 0 Å². The molecule has 8 heteroatoms. The number of rotatable bonds is 7. The fourth-order valence-electron chi connectivity index (χ4n) is 1.29. The minimum Gasteiger partial charge on any atom is -0.480 e. The first-order valence-corrected chi connectivity index (χ1v) is 6.12. The summed E-state index contributed by atoms with van der Waals surface area (Å²) in [7, 11) is 0. The van der Waals surface area contributed by atoms with Gasteiger partial charge in [-0.2, -0.15) is 0 Å². The number of halogens is 2. The molecule has 0 atom stereocenters. The lowest BCUT2D eigenvalue weighted by Crippen LogP contribution is -2.37. The summed E-state index contributed by atoms with van der Waals surface area (Å²) in [6.45, 7) is 0.0740. The Kier molecular flexibility index (Phi) is 6.75. The van der Waals surface area contributed by atoms with Gasteiger partial charge in [0.15, 0.2) is 0 Å². The van der Waals surface area contributed by atoms with E-state index in [-0.39, 0.29) is 24.7 Å². The number of amides is 2. The topological polar surface area (TPSA) is 87.7 Å². The van der Waals surface area contributed by atoms with E-state index in [4.69, 9.17) is 21.4 Å². The van der Waals surface area contributed by atoms with E-state index in [1.807, 2.05) is 0 Å². The first-order chi connectivity index (χ1) is 9.49. The third-order valence-electron chi connectivity index (χ3n) is 2.19. The van der Waals surface area contributed by atoms with E-state index in [1.54, 1.807) is 0 Å². The molecule has 0 heterocycles. The van der Waals surface area contributed by atoms with Crippen LogP contribution in [0.2, 0.25) is 5.02 Å². The van der Waals surface area contributed by atoms with Crippen molar-refractivity contribution in [3.05, 3.63) is 34.6 Å². The second kappa shape index (κ2) is 8.34. The zero-order valence-electron chi connectivity index (χ0n) is 10.5. The van der Waals surface area contributed by atoms with Crippen molar-refractivity contribution in [2.75, 3.05) is 19.8 Å². The Hall–Kier alpha value is -1.86. The van der Waals surface area contributed by atoms with Gasteiger partial charge in [-0.15, -0.1) is 0 Å². The van der Waals surface area contributed by atoms with Crippen LogP contribution in [0, 0.1) is 5.82 Å². The maximum Gasteiger partial charge on any atom is 0.329 e. The maximum absolute atomic E-state index is 12.9. The molecule has 0 aliphatic rings. The molecule has 6 nitrogen and oxygen atoms in total. The zero-order chi connectivity index (χ0) is 15.0. The Morgan fingerprint density at radius 3 is 2.75 bits per heavy atom. The Morgan fingerprint density at radius 2 is 2.10 bits per heavy atom. The van der Waals surface area contributed by atoms with Crippen LogP contribution in [0.4, 0.5) is 9.18 Å². The highest BCUT2D eigenvalue weighted by molar-refractivity contribution is 6.30. The van der Waals surface area contributed by atoms with Gasteiger partial charge in [0.05, 0.1) is 11.6 Å². The normalized spacial score (nSPS) is 10.1. The quantitative estimate of drug-likeness (QED) is 0.664. The standard InChI is InChI=1S/C12H14ClFN2O4/c13-9-5-8(1-2-10(9)14)6-16-12(19)15-3-4-20-7-11(17)18/h1-2,5H,3-4,6-7H2,(H,17,18)(H2,15,16,19). The van der Waals surface area contributed by atoms with E-state index >= 15 is 0 Å². The van der Waals surface area contributed by atoms with Crippen molar-refractivity contribution in [1.82, 2.24) is 10.6 Å². The lowest BCUT2D eigenvalue weighted by Gasteiger charge is -2.08. The number of urea groups is 1. The largest absolute Gasteiger partial charge is 0.480 e. The number of aliphatic carboxylic acids is 1. The van der Waals surface area contributed by atoms with Gasteiger partial charge in [-0.1, -0.05) is 17.7 Å². The number of carbonyl (C=O) groups excluding carboxylic acids is 1. The SMILES string of the molecule is O=C(O)COCCNC(=O)NCc1ccc(F)c(Cl)c1. The number of hydrogen-bond donors (Lipinski definition) is 3. The number of nitrogens with one attached hydrogen (secondary N) is 2. The van der Waals surface area contributed by atoms with Gasteiger partial charge in [-0.25, -0.2) is 14.0 Å². The minimum atomic E-state index is -1.07. The summed E-state index contributed by atoms with van der Waals surface area (Å²) in [4.78, 5) is 21.5. The average molecular weight is 305 g/mol. The summed E-state index contributed by atoms with van der Waals surface area (Å²) in [6, 6.07) is 3.71. The molecule has 0 aliphatic heterocycles. The average Bonchev–Trinajstić information content (AvgIpc) is 2.39. The van der Waals surface area contributed by atoms with Crippen LogP contribution >= 0.6 is 11.6 Å². The molecule has 0 aromatic heterocycles. The molecule has 110 valence electrons. The number of hydrogen-bond acceptors (Lipinski definition) is 3. The van der Waals surface area contributed by atoms with E-state index in [2.05, 4.69) is 10.6 Å². The molecular formula is C12H14ClFN2O4. The van der Waals surface area contributed by atoms with Crippen LogP contribution in [0.5, 0.6) is 0 Å². The lowest BCUT2D eigenvalue weighted by molar-refractivity contribution is -0.142. The molecule has 0 bridgehead atoms. The van der Waals surface area contributed by atoms with Crippen LogP contribution in [-0.4, -0.2) is 36.9 Å². The summed E-state index contributed by atoms with van der Waals surface area (Å²) >= 11 is 5.61. The van der Waals surface area contributed by atoms with Gasteiger partial charge in [0.1, 0.15) is 12.4 Å². The Labute approximate surface area is 119 Å². The van der Waals surface area contributed by atoms with Gasteiger partial charge in [0, 0.05) is 13.1 Å². The van der Waals surface area contributed by atoms with Crippen LogP contribution in [0.3, 0.4) is 0 Å². The van der Waals surface area contributed by atoms with E-state index in [0.717, 1.165) is 0 Å². The van der Waals surface area contributed by atoms with E-state index < -0.39 is 24.4 Å². The predicted molar refractivity (Wildman–Crippen MR) is 70.1 cm³/mol. The van der Waals surface area contributed by atoms with Gasteiger partial charge in [-0.3, -0.25) is 0 Å². The van der Waals surface area contributed by atoms with Crippen molar-refractivity contribution >= 4 is 23.6 Å². The van der Waals surface area contributed by atoms with Crippen LogP contribution in [0.25, 0.3) is 0 Å². The number of benzene rings is 1. The molecule has 0 saturated heterocycles. The molecule has 3 N–H and O–H groups in total. The number of ether oxygens (including phenoxy) is 1. The first kappa shape index (κ1) is 16.2. The second-order valence-electron chi connectivity index (χ2n) is 3.80. The number of carbonyl (C=O) groups is 2.